The Morgan fingerprint density at radius 1 is 1.42 bits per heavy atom. The predicted molar refractivity (Wildman–Crippen MR) is 47.8 cm³/mol. The standard InChI is InChI=1S/C9H11NO2/c1-10(2)8-5-3-4-7(6-11)9(8)12/h3-6,12H,1-2H3. The first-order valence-electron chi connectivity index (χ1n) is 3.61. The Morgan fingerprint density at radius 2 is 2.08 bits per heavy atom. The lowest BCUT2D eigenvalue weighted by atomic mass is 10.2. The van der Waals surface area contributed by atoms with E-state index in [1.54, 1.807) is 23.1 Å². The number of benzene rings is 1. The zero-order chi connectivity index (χ0) is 9.14. The number of hydrogen-bond acceptors (Lipinski definition) is 3. The molecule has 0 saturated carbocycles. The Bertz CT molecular complexity index is 295. The monoisotopic (exact) mass is 165 g/mol. The third-order valence-electron chi connectivity index (χ3n) is 1.65. The van der Waals surface area contributed by atoms with Crippen LogP contribution in [0.4, 0.5) is 5.69 Å². The van der Waals surface area contributed by atoms with Crippen molar-refractivity contribution in [3.63, 3.8) is 0 Å². The number of aldehydes is 1. The van der Waals surface area contributed by atoms with E-state index in [0.717, 1.165) is 0 Å². The lowest BCUT2D eigenvalue weighted by Gasteiger charge is -2.14. The molecule has 1 aromatic carbocycles. The van der Waals surface area contributed by atoms with Gasteiger partial charge in [0.05, 0.1) is 11.3 Å². The van der Waals surface area contributed by atoms with Crippen molar-refractivity contribution in [1.82, 2.24) is 0 Å². The van der Waals surface area contributed by atoms with Crippen molar-refractivity contribution in [2.45, 2.75) is 0 Å². The van der Waals surface area contributed by atoms with Gasteiger partial charge in [-0.1, -0.05) is 6.07 Å². The van der Waals surface area contributed by atoms with E-state index in [1.165, 1.54) is 0 Å². The maximum absolute atomic E-state index is 10.4. The van der Waals surface area contributed by atoms with Crippen LogP contribution in [-0.4, -0.2) is 25.5 Å². The number of hydrogen-bond donors (Lipinski definition) is 1. The Hall–Kier alpha value is -1.51. The Labute approximate surface area is 71.2 Å². The number of anilines is 1. The van der Waals surface area contributed by atoms with E-state index in [-0.39, 0.29) is 5.75 Å². The van der Waals surface area contributed by atoms with Gasteiger partial charge in [-0.3, -0.25) is 4.79 Å². The lowest BCUT2D eigenvalue weighted by molar-refractivity contribution is 0.112. The molecule has 12 heavy (non-hydrogen) atoms. The van der Waals surface area contributed by atoms with Gasteiger partial charge >= 0.3 is 0 Å². The van der Waals surface area contributed by atoms with Gasteiger partial charge in [0.2, 0.25) is 0 Å². The van der Waals surface area contributed by atoms with Gasteiger partial charge in [-0.15, -0.1) is 0 Å². The zero-order valence-corrected chi connectivity index (χ0v) is 7.11. The minimum atomic E-state index is 0.0394. The maximum atomic E-state index is 10.4. The summed E-state index contributed by atoms with van der Waals surface area (Å²) < 4.78 is 0. The van der Waals surface area contributed by atoms with Gasteiger partial charge in [-0.25, -0.2) is 0 Å². The van der Waals surface area contributed by atoms with E-state index >= 15 is 0 Å². The number of aromatic hydroxyl groups is 1. The van der Waals surface area contributed by atoms with Crippen molar-refractivity contribution >= 4 is 12.0 Å². The average molecular weight is 165 g/mol. The summed E-state index contributed by atoms with van der Waals surface area (Å²) >= 11 is 0. The van der Waals surface area contributed by atoms with Crippen LogP contribution < -0.4 is 4.90 Å². The molecule has 0 amide bonds. The van der Waals surface area contributed by atoms with Gasteiger partial charge in [-0.2, -0.15) is 0 Å². The predicted octanol–water partition coefficient (Wildman–Crippen LogP) is 1.27. The summed E-state index contributed by atoms with van der Waals surface area (Å²) in [6.07, 6.45) is 0.641. The highest BCUT2D eigenvalue weighted by molar-refractivity contribution is 5.83. The fraction of sp³-hybridized carbons (Fsp3) is 0.222. The SMILES string of the molecule is CN(C)c1cccc(C=O)c1O. The normalized spacial score (nSPS) is 9.50. The molecule has 0 aromatic heterocycles. The van der Waals surface area contributed by atoms with E-state index in [1.807, 2.05) is 14.1 Å². The highest BCUT2D eigenvalue weighted by Crippen LogP contribution is 2.27. The molecule has 0 unspecified atom stereocenters. The lowest BCUT2D eigenvalue weighted by Crippen LogP contribution is -2.09. The van der Waals surface area contributed by atoms with Gasteiger partial charge in [0.25, 0.3) is 0 Å². The Morgan fingerprint density at radius 3 is 2.58 bits per heavy atom. The summed E-state index contributed by atoms with van der Waals surface area (Å²) in [7, 11) is 3.62. The molecular weight excluding hydrogens is 154 g/mol. The smallest absolute Gasteiger partial charge is 0.153 e. The van der Waals surface area contributed by atoms with Crippen LogP contribution in [-0.2, 0) is 0 Å². The highest BCUT2D eigenvalue weighted by atomic mass is 16.3. The molecule has 0 bridgehead atoms. The Balaban J connectivity index is 3.22. The topological polar surface area (TPSA) is 40.5 Å². The summed E-state index contributed by atoms with van der Waals surface area (Å²) in [6, 6.07) is 5.07. The van der Waals surface area contributed by atoms with Crippen molar-refractivity contribution in [1.29, 1.82) is 0 Å². The largest absolute Gasteiger partial charge is 0.505 e. The van der Waals surface area contributed by atoms with Gasteiger partial charge < -0.3 is 10.0 Å². The first-order valence-corrected chi connectivity index (χ1v) is 3.61. The van der Waals surface area contributed by atoms with Crippen molar-refractivity contribution in [3.05, 3.63) is 23.8 Å². The molecule has 0 radical (unpaired) electrons. The molecule has 0 heterocycles. The van der Waals surface area contributed by atoms with Crippen molar-refractivity contribution < 1.29 is 9.90 Å². The van der Waals surface area contributed by atoms with E-state index in [0.29, 0.717) is 17.5 Å². The number of nitrogens with zero attached hydrogens (tertiary/aromatic N) is 1. The number of phenols is 1. The van der Waals surface area contributed by atoms with Crippen molar-refractivity contribution in [3.8, 4) is 5.75 Å². The first kappa shape index (κ1) is 8.59. The Kier molecular flexibility index (Phi) is 2.33. The molecular formula is C9H11NO2. The molecule has 0 atom stereocenters. The second kappa shape index (κ2) is 3.26. The summed E-state index contributed by atoms with van der Waals surface area (Å²) in [6.45, 7) is 0. The molecule has 1 aromatic rings. The minimum absolute atomic E-state index is 0.0394. The number of rotatable bonds is 2. The molecule has 0 aliphatic heterocycles. The maximum Gasteiger partial charge on any atom is 0.153 e. The molecule has 0 spiro atoms. The number of phenolic OH excluding ortho intramolecular Hbond substituents is 1. The number of para-hydroxylation sites is 1. The summed E-state index contributed by atoms with van der Waals surface area (Å²) in [5.41, 5.74) is 0.973. The van der Waals surface area contributed by atoms with Crippen LogP contribution >= 0.6 is 0 Å². The van der Waals surface area contributed by atoms with Crippen LogP contribution in [0.1, 0.15) is 10.4 Å². The fourth-order valence-electron chi connectivity index (χ4n) is 1.00. The molecule has 0 aliphatic carbocycles. The number of carbonyl (C=O) groups excluding carboxylic acids is 1. The third kappa shape index (κ3) is 1.39. The van der Waals surface area contributed by atoms with Crippen LogP contribution in [0.25, 0.3) is 0 Å². The third-order valence-corrected chi connectivity index (χ3v) is 1.65. The minimum Gasteiger partial charge on any atom is -0.505 e. The van der Waals surface area contributed by atoms with Gasteiger partial charge in [0, 0.05) is 14.1 Å². The second-order valence-corrected chi connectivity index (χ2v) is 2.73. The average Bonchev–Trinajstić information content (AvgIpc) is 2.04. The van der Waals surface area contributed by atoms with Gasteiger partial charge in [0.15, 0.2) is 6.29 Å². The van der Waals surface area contributed by atoms with Crippen LogP contribution in [0.5, 0.6) is 5.75 Å². The summed E-state index contributed by atoms with van der Waals surface area (Å²) in [5.74, 6) is 0.0394. The summed E-state index contributed by atoms with van der Waals surface area (Å²) in [5, 5.41) is 9.49. The molecule has 1 N–H and O–H groups in total. The van der Waals surface area contributed by atoms with Crippen molar-refractivity contribution in [2.75, 3.05) is 19.0 Å². The molecule has 3 nitrogen and oxygen atoms in total. The van der Waals surface area contributed by atoms with E-state index in [2.05, 4.69) is 0 Å². The van der Waals surface area contributed by atoms with Crippen LogP contribution in [0.15, 0.2) is 18.2 Å². The van der Waals surface area contributed by atoms with E-state index in [4.69, 9.17) is 0 Å². The van der Waals surface area contributed by atoms with Crippen LogP contribution in [0.3, 0.4) is 0 Å². The van der Waals surface area contributed by atoms with Crippen LogP contribution in [0, 0.1) is 0 Å². The fourth-order valence-corrected chi connectivity index (χ4v) is 1.00. The van der Waals surface area contributed by atoms with E-state index in [9.17, 15) is 9.90 Å². The highest BCUT2D eigenvalue weighted by Gasteiger charge is 2.06. The zero-order valence-electron chi connectivity index (χ0n) is 7.11. The van der Waals surface area contributed by atoms with Crippen LogP contribution in [0.2, 0.25) is 0 Å². The summed E-state index contributed by atoms with van der Waals surface area (Å²) in [4.78, 5) is 12.2. The second-order valence-electron chi connectivity index (χ2n) is 2.73. The number of carbonyl (C=O) groups is 1. The molecule has 0 saturated heterocycles. The van der Waals surface area contributed by atoms with Crippen molar-refractivity contribution in [2.24, 2.45) is 0 Å². The van der Waals surface area contributed by atoms with Gasteiger partial charge in [-0.05, 0) is 12.1 Å². The molecule has 0 fully saturated rings. The molecule has 0 aliphatic rings. The van der Waals surface area contributed by atoms with Gasteiger partial charge in [0.1, 0.15) is 5.75 Å². The molecule has 3 heteroatoms. The molecule has 1 rings (SSSR count). The van der Waals surface area contributed by atoms with E-state index < -0.39 is 0 Å². The molecule has 64 valence electrons. The quantitative estimate of drug-likeness (QED) is 0.671. The first-order chi connectivity index (χ1) is 5.66.